The lowest BCUT2D eigenvalue weighted by Crippen LogP contribution is -2.29. The van der Waals surface area contributed by atoms with Gasteiger partial charge in [-0.25, -0.2) is 0 Å². The summed E-state index contributed by atoms with van der Waals surface area (Å²) in [5.41, 5.74) is 3.42. The van der Waals surface area contributed by atoms with E-state index in [1.807, 2.05) is 85.9 Å². The molecule has 0 saturated carbocycles. The second-order valence-corrected chi connectivity index (χ2v) is 8.10. The van der Waals surface area contributed by atoms with E-state index >= 15 is 0 Å². The number of ether oxygens (including phenoxy) is 1. The summed E-state index contributed by atoms with van der Waals surface area (Å²) in [5.74, 6) is -0.730. The predicted molar refractivity (Wildman–Crippen MR) is 133 cm³/mol. The van der Waals surface area contributed by atoms with Gasteiger partial charge in [-0.3, -0.25) is 14.6 Å². The average Bonchev–Trinajstić information content (AvgIpc) is 2.87. The fraction of sp³-hybridized carbons (Fsp3) is 0.179. The van der Waals surface area contributed by atoms with Gasteiger partial charge < -0.3 is 15.4 Å². The number of fused-ring (bicyclic) bond motifs is 1. The number of aromatic nitrogens is 1. The van der Waals surface area contributed by atoms with Crippen LogP contribution in [0.5, 0.6) is 0 Å². The van der Waals surface area contributed by atoms with Crippen LogP contribution in [0.25, 0.3) is 10.8 Å². The van der Waals surface area contributed by atoms with Crippen LogP contribution in [0.3, 0.4) is 0 Å². The third kappa shape index (κ3) is 6.05. The van der Waals surface area contributed by atoms with E-state index in [0.717, 1.165) is 33.2 Å². The summed E-state index contributed by atoms with van der Waals surface area (Å²) in [6.07, 6.45) is 3.78. The molecule has 34 heavy (non-hydrogen) atoms. The third-order valence-electron chi connectivity index (χ3n) is 5.61. The second kappa shape index (κ2) is 11.2. The molecule has 4 aromatic rings. The van der Waals surface area contributed by atoms with Crippen molar-refractivity contribution in [3.63, 3.8) is 0 Å². The van der Waals surface area contributed by atoms with Crippen molar-refractivity contribution in [2.45, 2.75) is 18.9 Å². The maximum absolute atomic E-state index is 13.1. The van der Waals surface area contributed by atoms with Gasteiger partial charge in [0.15, 0.2) is 0 Å². The van der Waals surface area contributed by atoms with Crippen molar-refractivity contribution in [1.82, 2.24) is 10.3 Å². The number of nitrogens with zero attached hydrogens (tertiary/aromatic N) is 1. The number of likely N-dealkylation sites (N-methyl/N-ethyl adjacent to an activating group) is 1. The first-order valence-corrected chi connectivity index (χ1v) is 11.2. The smallest absolute Gasteiger partial charge is 0.310 e. The number of anilines is 1. The SMILES string of the molecule is CNCC(C(=O)Nc1ccc2cnccc2c1)c1ccc(COC(=O)Cc2ccccc2)cc1. The molecule has 0 aliphatic carbocycles. The summed E-state index contributed by atoms with van der Waals surface area (Å²) in [7, 11) is 1.82. The van der Waals surface area contributed by atoms with Gasteiger partial charge in [0.2, 0.25) is 5.91 Å². The Bertz CT molecular complexity index is 1260. The summed E-state index contributed by atoms with van der Waals surface area (Å²) in [4.78, 5) is 29.3. The first-order valence-electron chi connectivity index (χ1n) is 11.2. The Labute approximate surface area is 199 Å². The molecule has 0 aliphatic heterocycles. The van der Waals surface area contributed by atoms with Crippen molar-refractivity contribution in [3.05, 3.63) is 108 Å². The number of pyridine rings is 1. The minimum atomic E-state index is -0.368. The first-order chi connectivity index (χ1) is 16.6. The van der Waals surface area contributed by atoms with E-state index in [9.17, 15) is 9.59 Å². The Kier molecular flexibility index (Phi) is 7.63. The Balaban J connectivity index is 1.38. The Hall–Kier alpha value is -4.03. The molecule has 4 rings (SSSR count). The van der Waals surface area contributed by atoms with Crippen molar-refractivity contribution < 1.29 is 14.3 Å². The van der Waals surface area contributed by atoms with Gasteiger partial charge in [0, 0.05) is 30.0 Å². The van der Waals surface area contributed by atoms with E-state index in [1.54, 1.807) is 12.4 Å². The molecular weight excluding hydrogens is 426 g/mol. The highest BCUT2D eigenvalue weighted by molar-refractivity contribution is 5.98. The highest BCUT2D eigenvalue weighted by atomic mass is 16.5. The minimum Gasteiger partial charge on any atom is -0.461 e. The van der Waals surface area contributed by atoms with Crippen LogP contribution >= 0.6 is 0 Å². The van der Waals surface area contributed by atoms with Gasteiger partial charge in [0.05, 0.1) is 12.3 Å². The van der Waals surface area contributed by atoms with Crippen molar-refractivity contribution in [2.24, 2.45) is 0 Å². The zero-order chi connectivity index (χ0) is 23.8. The fourth-order valence-electron chi connectivity index (χ4n) is 3.78. The molecule has 0 spiro atoms. The summed E-state index contributed by atoms with van der Waals surface area (Å²) in [6.45, 7) is 0.690. The lowest BCUT2D eigenvalue weighted by molar-refractivity contribution is -0.144. The van der Waals surface area contributed by atoms with Crippen LogP contribution in [-0.4, -0.2) is 30.5 Å². The quantitative estimate of drug-likeness (QED) is 0.366. The molecule has 1 atom stereocenters. The van der Waals surface area contributed by atoms with Crippen molar-refractivity contribution >= 4 is 28.3 Å². The highest BCUT2D eigenvalue weighted by Crippen LogP contribution is 2.22. The number of benzene rings is 3. The monoisotopic (exact) mass is 453 g/mol. The van der Waals surface area contributed by atoms with Gasteiger partial charge in [-0.15, -0.1) is 0 Å². The summed E-state index contributed by atoms with van der Waals surface area (Å²) in [5, 5.41) is 8.17. The van der Waals surface area contributed by atoms with E-state index in [0.29, 0.717) is 6.54 Å². The largest absolute Gasteiger partial charge is 0.461 e. The molecule has 0 saturated heterocycles. The van der Waals surface area contributed by atoms with E-state index in [2.05, 4.69) is 15.6 Å². The van der Waals surface area contributed by atoms with Crippen LogP contribution in [0, 0.1) is 0 Å². The van der Waals surface area contributed by atoms with Crippen LogP contribution < -0.4 is 10.6 Å². The Morgan fingerprint density at radius 2 is 1.71 bits per heavy atom. The van der Waals surface area contributed by atoms with E-state index in [1.165, 1.54) is 0 Å². The molecule has 172 valence electrons. The van der Waals surface area contributed by atoms with Crippen LogP contribution in [0.1, 0.15) is 22.6 Å². The molecule has 0 radical (unpaired) electrons. The molecule has 0 fully saturated rings. The Morgan fingerprint density at radius 3 is 2.47 bits per heavy atom. The molecule has 1 aromatic heterocycles. The van der Waals surface area contributed by atoms with Gasteiger partial charge in [0.25, 0.3) is 0 Å². The second-order valence-electron chi connectivity index (χ2n) is 8.10. The maximum Gasteiger partial charge on any atom is 0.310 e. The van der Waals surface area contributed by atoms with Gasteiger partial charge in [0.1, 0.15) is 6.61 Å². The molecule has 2 N–H and O–H groups in total. The van der Waals surface area contributed by atoms with E-state index in [4.69, 9.17) is 4.74 Å². The van der Waals surface area contributed by atoms with E-state index < -0.39 is 0 Å². The summed E-state index contributed by atoms with van der Waals surface area (Å²) < 4.78 is 5.41. The van der Waals surface area contributed by atoms with Crippen molar-refractivity contribution in [2.75, 3.05) is 18.9 Å². The molecule has 1 heterocycles. The lowest BCUT2D eigenvalue weighted by atomic mass is 9.96. The average molecular weight is 454 g/mol. The van der Waals surface area contributed by atoms with Gasteiger partial charge in [-0.05, 0) is 47.3 Å². The number of carbonyl (C=O) groups excluding carboxylic acids is 2. The van der Waals surface area contributed by atoms with E-state index in [-0.39, 0.29) is 30.8 Å². The number of carbonyl (C=O) groups is 2. The molecule has 6 nitrogen and oxygen atoms in total. The van der Waals surface area contributed by atoms with Gasteiger partial charge >= 0.3 is 5.97 Å². The number of hydrogen-bond donors (Lipinski definition) is 2. The number of nitrogens with one attached hydrogen (secondary N) is 2. The number of rotatable bonds is 9. The molecule has 6 heteroatoms. The summed E-state index contributed by atoms with van der Waals surface area (Å²) in [6, 6.07) is 24.8. The molecule has 3 aromatic carbocycles. The lowest BCUT2D eigenvalue weighted by Gasteiger charge is -2.18. The Morgan fingerprint density at radius 1 is 0.912 bits per heavy atom. The topological polar surface area (TPSA) is 80.3 Å². The van der Waals surface area contributed by atoms with Crippen LogP contribution in [0.2, 0.25) is 0 Å². The molecule has 1 unspecified atom stereocenters. The predicted octanol–water partition coefficient (Wildman–Crippen LogP) is 4.46. The normalized spacial score (nSPS) is 11.7. The molecule has 1 amide bonds. The number of amides is 1. The zero-order valence-electron chi connectivity index (χ0n) is 19.0. The van der Waals surface area contributed by atoms with Gasteiger partial charge in [-0.2, -0.15) is 0 Å². The third-order valence-corrected chi connectivity index (χ3v) is 5.61. The zero-order valence-corrected chi connectivity index (χ0v) is 19.0. The molecule has 0 aliphatic rings. The molecule has 0 bridgehead atoms. The number of hydrogen-bond acceptors (Lipinski definition) is 5. The standard InChI is InChI=1S/C28H27N3O3/c1-29-18-26(28(33)31-25-12-11-24-17-30-14-13-23(24)16-25)22-9-7-21(8-10-22)19-34-27(32)15-20-5-3-2-4-6-20/h2-14,16-17,26,29H,15,18-19H2,1H3,(H,31,33). The van der Waals surface area contributed by atoms with Crippen LogP contribution in [-0.2, 0) is 27.4 Å². The molecular formula is C28H27N3O3. The minimum absolute atomic E-state index is 0.0928. The van der Waals surface area contributed by atoms with Gasteiger partial charge in [-0.1, -0.05) is 60.7 Å². The first kappa shape index (κ1) is 23.1. The highest BCUT2D eigenvalue weighted by Gasteiger charge is 2.20. The van der Waals surface area contributed by atoms with Crippen LogP contribution in [0.15, 0.2) is 91.3 Å². The summed E-state index contributed by atoms with van der Waals surface area (Å²) >= 11 is 0. The van der Waals surface area contributed by atoms with Crippen LogP contribution in [0.4, 0.5) is 5.69 Å². The fourth-order valence-corrected chi connectivity index (χ4v) is 3.78. The van der Waals surface area contributed by atoms with Crippen molar-refractivity contribution in [3.8, 4) is 0 Å². The number of esters is 1. The maximum atomic E-state index is 13.1. The van der Waals surface area contributed by atoms with Crippen molar-refractivity contribution in [1.29, 1.82) is 0 Å².